The van der Waals surface area contributed by atoms with Crippen LogP contribution in [-0.2, 0) is 4.79 Å². The number of rotatable bonds is 5. The molecule has 0 saturated carbocycles. The highest BCUT2D eigenvalue weighted by Gasteiger charge is 2.32. The summed E-state index contributed by atoms with van der Waals surface area (Å²) >= 11 is 9.45. The van der Waals surface area contributed by atoms with Gasteiger partial charge in [-0.15, -0.1) is 11.6 Å². The third kappa shape index (κ3) is 3.97. The molecule has 17 heavy (non-hydrogen) atoms. The number of Topliss-reactive ketones (excluding diaryl/α,β-unsaturated/α-hetero) is 1. The predicted molar refractivity (Wildman–Crippen MR) is 77.7 cm³/mol. The summed E-state index contributed by atoms with van der Waals surface area (Å²) in [4.78, 5) is 11.7. The Kier molecular flexibility index (Phi) is 5.41. The molecule has 0 bridgehead atoms. The van der Waals surface area contributed by atoms with Gasteiger partial charge < -0.3 is 0 Å². The number of benzene rings is 1. The van der Waals surface area contributed by atoms with Crippen molar-refractivity contribution >= 4 is 39.4 Å². The van der Waals surface area contributed by atoms with E-state index in [0.29, 0.717) is 5.33 Å². The van der Waals surface area contributed by atoms with Crippen molar-refractivity contribution in [1.82, 2.24) is 0 Å². The van der Waals surface area contributed by atoms with E-state index in [9.17, 15) is 4.79 Å². The summed E-state index contributed by atoms with van der Waals surface area (Å²) in [6, 6.07) is 9.90. The molecule has 0 saturated heterocycles. The fourth-order valence-corrected chi connectivity index (χ4v) is 2.24. The van der Waals surface area contributed by atoms with Crippen molar-refractivity contribution in [2.24, 2.45) is 5.41 Å². The number of halogens is 2. The second-order valence-electron chi connectivity index (χ2n) is 4.45. The van der Waals surface area contributed by atoms with Gasteiger partial charge in [-0.2, -0.15) is 0 Å². The molecule has 1 nitrogen and oxygen atoms in total. The van der Waals surface area contributed by atoms with E-state index >= 15 is 0 Å². The molecule has 0 spiro atoms. The maximum Gasteiger partial charge on any atom is 0.150 e. The topological polar surface area (TPSA) is 17.1 Å². The molecule has 0 N–H and O–H groups in total. The van der Waals surface area contributed by atoms with E-state index in [2.05, 4.69) is 15.9 Å². The predicted octanol–water partition coefficient (Wildman–Crippen LogP) is 4.30. The number of allylic oxidation sites excluding steroid dienone is 1. The molecule has 1 atom stereocenters. The lowest BCUT2D eigenvalue weighted by Crippen LogP contribution is -2.33. The summed E-state index contributed by atoms with van der Waals surface area (Å²) in [6.45, 7) is 3.73. The molecule has 0 aliphatic heterocycles. The highest BCUT2D eigenvalue weighted by atomic mass is 79.9. The standard InChI is InChI=1S/C14H16BrClO/c1-14(2,13(17)10-15)12(16)9-8-11-6-4-3-5-7-11/h3-9,12H,10H2,1-2H3/b9-8+. The molecule has 1 rings (SSSR count). The summed E-state index contributed by atoms with van der Waals surface area (Å²) in [5.74, 6) is 0.107. The zero-order chi connectivity index (χ0) is 12.9. The molecule has 3 heteroatoms. The van der Waals surface area contributed by atoms with Crippen molar-refractivity contribution in [2.45, 2.75) is 19.2 Å². The Labute approximate surface area is 116 Å². The molecule has 0 amide bonds. The lowest BCUT2D eigenvalue weighted by Gasteiger charge is -2.25. The highest BCUT2D eigenvalue weighted by Crippen LogP contribution is 2.29. The van der Waals surface area contributed by atoms with E-state index in [1.807, 2.05) is 56.3 Å². The van der Waals surface area contributed by atoms with Gasteiger partial charge >= 0.3 is 0 Å². The van der Waals surface area contributed by atoms with Gasteiger partial charge in [-0.3, -0.25) is 4.79 Å². The fourth-order valence-electron chi connectivity index (χ4n) is 1.33. The van der Waals surface area contributed by atoms with E-state index in [-0.39, 0.29) is 11.2 Å². The largest absolute Gasteiger partial charge is 0.298 e. The van der Waals surface area contributed by atoms with Crippen molar-refractivity contribution in [3.05, 3.63) is 42.0 Å². The minimum absolute atomic E-state index is 0.107. The summed E-state index contributed by atoms with van der Waals surface area (Å²) < 4.78 is 0. The summed E-state index contributed by atoms with van der Waals surface area (Å²) in [5, 5.41) is 0.0234. The van der Waals surface area contributed by atoms with Gasteiger partial charge in [0.05, 0.1) is 10.7 Å². The average molecular weight is 316 g/mol. The van der Waals surface area contributed by atoms with E-state index in [4.69, 9.17) is 11.6 Å². The second kappa shape index (κ2) is 6.36. The molecule has 1 aromatic carbocycles. The Bertz CT molecular complexity index is 398. The number of carbonyl (C=O) groups excluding carboxylic acids is 1. The normalized spacial score (nSPS) is 13.9. The SMILES string of the molecule is CC(C)(C(=O)CBr)C(Cl)/C=C/c1ccccc1. The lowest BCUT2D eigenvalue weighted by atomic mass is 9.84. The molecular weight excluding hydrogens is 300 g/mol. The average Bonchev–Trinajstić information content (AvgIpc) is 2.35. The van der Waals surface area contributed by atoms with Crippen molar-refractivity contribution in [2.75, 3.05) is 5.33 Å². The molecule has 1 unspecified atom stereocenters. The first kappa shape index (κ1) is 14.5. The Balaban J connectivity index is 2.75. The Morgan fingerprint density at radius 2 is 2.00 bits per heavy atom. The minimum Gasteiger partial charge on any atom is -0.298 e. The van der Waals surface area contributed by atoms with Crippen LogP contribution in [0.15, 0.2) is 36.4 Å². The van der Waals surface area contributed by atoms with Crippen LogP contribution in [0, 0.1) is 5.41 Å². The Morgan fingerprint density at radius 1 is 1.41 bits per heavy atom. The summed E-state index contributed by atoms with van der Waals surface area (Å²) in [5.41, 5.74) is 0.524. The monoisotopic (exact) mass is 314 g/mol. The molecule has 0 aromatic heterocycles. The fraction of sp³-hybridized carbons (Fsp3) is 0.357. The lowest BCUT2D eigenvalue weighted by molar-refractivity contribution is -0.123. The van der Waals surface area contributed by atoms with Gasteiger partial charge in [0.2, 0.25) is 0 Å². The van der Waals surface area contributed by atoms with Gasteiger partial charge in [-0.05, 0) is 5.56 Å². The first-order chi connectivity index (χ1) is 7.98. The van der Waals surface area contributed by atoms with Gasteiger partial charge in [0.15, 0.2) is 5.78 Å². The van der Waals surface area contributed by atoms with Crippen LogP contribution in [-0.4, -0.2) is 16.5 Å². The second-order valence-corrected chi connectivity index (χ2v) is 5.48. The first-order valence-corrected chi connectivity index (χ1v) is 7.01. The van der Waals surface area contributed by atoms with Crippen LogP contribution in [0.1, 0.15) is 19.4 Å². The van der Waals surface area contributed by atoms with Crippen LogP contribution in [0.25, 0.3) is 6.08 Å². The van der Waals surface area contributed by atoms with Crippen molar-refractivity contribution < 1.29 is 4.79 Å². The molecule has 0 radical (unpaired) electrons. The van der Waals surface area contributed by atoms with E-state index < -0.39 is 5.41 Å². The molecular formula is C14H16BrClO. The smallest absolute Gasteiger partial charge is 0.150 e. The molecule has 0 fully saturated rings. The Hall–Kier alpha value is -0.600. The first-order valence-electron chi connectivity index (χ1n) is 5.45. The molecule has 0 heterocycles. The van der Waals surface area contributed by atoms with Crippen molar-refractivity contribution in [3.8, 4) is 0 Å². The summed E-state index contributed by atoms with van der Waals surface area (Å²) in [6.07, 6.45) is 3.82. The van der Waals surface area contributed by atoms with Crippen LogP contribution in [0.5, 0.6) is 0 Å². The van der Waals surface area contributed by atoms with Crippen LogP contribution >= 0.6 is 27.5 Å². The van der Waals surface area contributed by atoms with Gasteiger partial charge in [-0.1, -0.05) is 72.3 Å². The van der Waals surface area contributed by atoms with Crippen LogP contribution in [0.2, 0.25) is 0 Å². The van der Waals surface area contributed by atoms with Crippen LogP contribution < -0.4 is 0 Å². The molecule has 92 valence electrons. The number of alkyl halides is 2. The zero-order valence-electron chi connectivity index (χ0n) is 9.99. The maximum atomic E-state index is 11.7. The summed E-state index contributed by atoms with van der Waals surface area (Å²) in [7, 11) is 0. The third-order valence-electron chi connectivity index (χ3n) is 2.79. The zero-order valence-corrected chi connectivity index (χ0v) is 12.3. The molecule has 1 aromatic rings. The minimum atomic E-state index is -0.559. The third-order valence-corrected chi connectivity index (χ3v) is 3.99. The van der Waals surface area contributed by atoms with E-state index in [0.717, 1.165) is 5.56 Å². The number of hydrogen-bond donors (Lipinski definition) is 0. The van der Waals surface area contributed by atoms with Gasteiger partial charge in [0, 0.05) is 5.41 Å². The van der Waals surface area contributed by atoms with Gasteiger partial charge in [0.1, 0.15) is 0 Å². The number of ketones is 1. The molecule has 0 aliphatic carbocycles. The number of hydrogen-bond acceptors (Lipinski definition) is 1. The van der Waals surface area contributed by atoms with Crippen LogP contribution in [0.4, 0.5) is 0 Å². The van der Waals surface area contributed by atoms with Gasteiger partial charge in [0.25, 0.3) is 0 Å². The Morgan fingerprint density at radius 3 is 2.53 bits per heavy atom. The van der Waals surface area contributed by atoms with E-state index in [1.54, 1.807) is 0 Å². The number of carbonyl (C=O) groups is 1. The maximum absolute atomic E-state index is 11.7. The van der Waals surface area contributed by atoms with E-state index in [1.165, 1.54) is 0 Å². The van der Waals surface area contributed by atoms with Crippen LogP contribution in [0.3, 0.4) is 0 Å². The van der Waals surface area contributed by atoms with Gasteiger partial charge in [-0.25, -0.2) is 0 Å². The highest BCUT2D eigenvalue weighted by molar-refractivity contribution is 9.09. The van der Waals surface area contributed by atoms with Crippen molar-refractivity contribution in [3.63, 3.8) is 0 Å². The quantitative estimate of drug-likeness (QED) is 0.741. The van der Waals surface area contributed by atoms with Crippen molar-refractivity contribution in [1.29, 1.82) is 0 Å². The molecule has 0 aliphatic rings.